The zero-order valence-electron chi connectivity index (χ0n) is 16.5. The third-order valence-electron chi connectivity index (χ3n) is 4.13. The zero-order valence-corrected chi connectivity index (χ0v) is 16.5. The van der Waals surface area contributed by atoms with Crippen molar-refractivity contribution in [1.82, 2.24) is 4.90 Å². The van der Waals surface area contributed by atoms with Gasteiger partial charge in [0, 0.05) is 6.54 Å². The average Bonchev–Trinajstić information content (AvgIpc) is 2.63. The van der Waals surface area contributed by atoms with Crippen LogP contribution in [-0.4, -0.2) is 36.4 Å². The van der Waals surface area contributed by atoms with Crippen LogP contribution >= 0.6 is 0 Å². The van der Waals surface area contributed by atoms with Crippen LogP contribution < -0.4 is 10.1 Å². The second-order valence-electron chi connectivity index (χ2n) is 6.61. The van der Waals surface area contributed by atoms with Crippen LogP contribution in [0.3, 0.4) is 0 Å². The third-order valence-corrected chi connectivity index (χ3v) is 4.13. The van der Waals surface area contributed by atoms with Crippen LogP contribution in [0.4, 0.5) is 18.9 Å². The number of halogens is 3. The van der Waals surface area contributed by atoms with E-state index in [4.69, 9.17) is 4.74 Å². The Labute approximate surface area is 167 Å². The van der Waals surface area contributed by atoms with Gasteiger partial charge in [-0.3, -0.25) is 9.59 Å². The molecule has 0 saturated carbocycles. The number of rotatable bonds is 7. The van der Waals surface area contributed by atoms with Gasteiger partial charge in [0.1, 0.15) is 5.75 Å². The molecular weight excluding hydrogens is 385 g/mol. The van der Waals surface area contributed by atoms with Crippen molar-refractivity contribution in [3.63, 3.8) is 0 Å². The molecule has 2 aromatic rings. The van der Waals surface area contributed by atoms with Gasteiger partial charge in [-0.15, -0.1) is 0 Å². The van der Waals surface area contributed by atoms with Gasteiger partial charge in [0.05, 0.1) is 17.8 Å². The van der Waals surface area contributed by atoms with Crippen LogP contribution in [0.25, 0.3) is 0 Å². The maximum absolute atomic E-state index is 13.0. The number of hydrogen-bond donors (Lipinski definition) is 1. The normalized spacial score (nSPS) is 11.1. The van der Waals surface area contributed by atoms with Gasteiger partial charge >= 0.3 is 6.18 Å². The number of hydrogen-bond acceptors (Lipinski definition) is 3. The molecule has 0 atom stereocenters. The highest BCUT2D eigenvalue weighted by Gasteiger charge is 2.33. The maximum Gasteiger partial charge on any atom is 0.418 e. The maximum atomic E-state index is 13.0. The summed E-state index contributed by atoms with van der Waals surface area (Å²) in [6.45, 7) is 5.04. The van der Waals surface area contributed by atoms with E-state index >= 15 is 0 Å². The van der Waals surface area contributed by atoms with Crippen molar-refractivity contribution in [3.8, 4) is 5.75 Å². The summed E-state index contributed by atoms with van der Waals surface area (Å²) >= 11 is 0. The highest BCUT2D eigenvalue weighted by atomic mass is 19.4. The van der Waals surface area contributed by atoms with Crippen molar-refractivity contribution in [1.29, 1.82) is 0 Å². The Bertz CT molecular complexity index is 861. The van der Waals surface area contributed by atoms with E-state index in [1.54, 1.807) is 19.1 Å². The first kappa shape index (κ1) is 22.3. The molecule has 8 heteroatoms. The Kier molecular flexibility index (Phi) is 7.25. The molecule has 2 aromatic carbocycles. The molecule has 0 radical (unpaired) electrons. The molecule has 0 aliphatic heterocycles. The number of nitrogens with one attached hydrogen (secondary N) is 1. The summed E-state index contributed by atoms with van der Waals surface area (Å²) in [4.78, 5) is 25.8. The first-order chi connectivity index (χ1) is 13.6. The first-order valence-electron chi connectivity index (χ1n) is 9.05. The minimum Gasteiger partial charge on any atom is -0.484 e. The summed E-state index contributed by atoms with van der Waals surface area (Å²) in [7, 11) is 0. The van der Waals surface area contributed by atoms with Gasteiger partial charge in [-0.25, -0.2) is 0 Å². The first-order valence-corrected chi connectivity index (χ1v) is 9.05. The summed E-state index contributed by atoms with van der Waals surface area (Å²) < 4.78 is 44.6. The predicted octanol–water partition coefficient (Wildman–Crippen LogP) is 4.19. The van der Waals surface area contributed by atoms with Gasteiger partial charge in [-0.2, -0.15) is 13.2 Å². The molecule has 29 heavy (non-hydrogen) atoms. The lowest BCUT2D eigenvalue weighted by molar-refractivity contribution is -0.137. The van der Waals surface area contributed by atoms with Crippen molar-refractivity contribution in [2.45, 2.75) is 26.9 Å². The number of aryl methyl sites for hydroxylation is 2. The molecule has 156 valence electrons. The van der Waals surface area contributed by atoms with Crippen molar-refractivity contribution < 1.29 is 27.5 Å². The van der Waals surface area contributed by atoms with E-state index in [-0.39, 0.29) is 25.4 Å². The summed E-state index contributed by atoms with van der Waals surface area (Å²) in [5.74, 6) is -0.621. The van der Waals surface area contributed by atoms with Crippen LogP contribution in [0.5, 0.6) is 5.75 Å². The lowest BCUT2D eigenvalue weighted by Gasteiger charge is -2.21. The highest BCUT2D eigenvalue weighted by molar-refractivity contribution is 5.95. The average molecular weight is 408 g/mol. The fourth-order valence-electron chi connectivity index (χ4n) is 2.83. The number of nitrogens with zero attached hydrogens (tertiary/aromatic N) is 1. The minimum absolute atomic E-state index is 0.212. The van der Waals surface area contributed by atoms with Gasteiger partial charge in [-0.1, -0.05) is 18.2 Å². The highest BCUT2D eigenvalue weighted by Crippen LogP contribution is 2.34. The lowest BCUT2D eigenvalue weighted by atomic mass is 10.1. The smallest absolute Gasteiger partial charge is 0.418 e. The summed E-state index contributed by atoms with van der Waals surface area (Å²) in [6.07, 6.45) is -4.59. The van der Waals surface area contributed by atoms with Gasteiger partial charge in [-0.05, 0) is 56.2 Å². The van der Waals surface area contributed by atoms with E-state index in [1.165, 1.54) is 23.1 Å². The Morgan fingerprint density at radius 2 is 1.69 bits per heavy atom. The molecule has 0 heterocycles. The topological polar surface area (TPSA) is 58.6 Å². The molecule has 0 fully saturated rings. The number of carbonyl (C=O) groups is 2. The summed E-state index contributed by atoms with van der Waals surface area (Å²) in [6, 6.07) is 10.2. The second-order valence-corrected chi connectivity index (χ2v) is 6.61. The molecule has 0 aromatic heterocycles. The number of alkyl halides is 3. The van der Waals surface area contributed by atoms with Crippen molar-refractivity contribution in [2.24, 2.45) is 0 Å². The molecule has 5 nitrogen and oxygen atoms in total. The number of benzene rings is 2. The molecule has 0 unspecified atom stereocenters. The van der Waals surface area contributed by atoms with E-state index in [0.717, 1.165) is 17.2 Å². The number of carbonyl (C=O) groups excluding carboxylic acids is 2. The molecule has 0 spiro atoms. The van der Waals surface area contributed by atoms with E-state index in [9.17, 15) is 22.8 Å². The minimum atomic E-state index is -4.59. The molecule has 2 rings (SSSR count). The third kappa shape index (κ3) is 6.51. The van der Waals surface area contributed by atoms with Crippen LogP contribution in [-0.2, 0) is 15.8 Å². The Balaban J connectivity index is 1.98. The van der Waals surface area contributed by atoms with E-state index in [1.807, 2.05) is 19.9 Å². The van der Waals surface area contributed by atoms with E-state index < -0.39 is 23.6 Å². The fraction of sp³-hybridized carbons (Fsp3) is 0.333. The van der Waals surface area contributed by atoms with Gasteiger partial charge < -0.3 is 15.0 Å². The monoisotopic (exact) mass is 408 g/mol. The number of likely N-dealkylation sites (N-methyl/N-ethyl adjacent to an activating group) is 1. The van der Waals surface area contributed by atoms with Gasteiger partial charge in [0.2, 0.25) is 5.91 Å². The van der Waals surface area contributed by atoms with Crippen molar-refractivity contribution >= 4 is 17.5 Å². The van der Waals surface area contributed by atoms with Crippen LogP contribution in [0.2, 0.25) is 0 Å². The Morgan fingerprint density at radius 1 is 1.07 bits per heavy atom. The predicted molar refractivity (Wildman–Crippen MR) is 104 cm³/mol. The molecule has 2 amide bonds. The zero-order chi connectivity index (χ0) is 21.6. The van der Waals surface area contributed by atoms with Crippen LogP contribution in [0.15, 0.2) is 42.5 Å². The molecule has 0 aliphatic rings. The molecular formula is C21H23F3N2O3. The van der Waals surface area contributed by atoms with Crippen LogP contribution in [0, 0.1) is 13.8 Å². The quantitative estimate of drug-likeness (QED) is 0.748. The van der Waals surface area contributed by atoms with E-state index in [0.29, 0.717) is 5.75 Å². The SMILES string of the molecule is CCN(CC(=O)Nc1ccccc1C(F)(F)F)C(=O)COc1cc(C)cc(C)c1. The van der Waals surface area contributed by atoms with Gasteiger partial charge in [0.15, 0.2) is 6.61 Å². The second kappa shape index (κ2) is 9.45. The van der Waals surface area contributed by atoms with E-state index in [2.05, 4.69) is 5.32 Å². The lowest BCUT2D eigenvalue weighted by Crippen LogP contribution is -2.40. The largest absolute Gasteiger partial charge is 0.484 e. The molecule has 1 N–H and O–H groups in total. The molecule has 0 saturated heterocycles. The number of para-hydroxylation sites is 1. The molecule has 0 aliphatic carbocycles. The van der Waals surface area contributed by atoms with Crippen molar-refractivity contribution in [2.75, 3.05) is 25.0 Å². The Hall–Kier alpha value is -3.03. The number of amides is 2. The van der Waals surface area contributed by atoms with Crippen molar-refractivity contribution in [3.05, 3.63) is 59.2 Å². The summed E-state index contributed by atoms with van der Waals surface area (Å²) in [5.41, 5.74) is 0.686. The summed E-state index contributed by atoms with van der Waals surface area (Å²) in [5, 5.41) is 2.23. The number of anilines is 1. The van der Waals surface area contributed by atoms with Gasteiger partial charge in [0.25, 0.3) is 5.91 Å². The molecule has 0 bridgehead atoms. The van der Waals surface area contributed by atoms with Crippen LogP contribution in [0.1, 0.15) is 23.6 Å². The fourth-order valence-corrected chi connectivity index (χ4v) is 2.83. The number of ether oxygens (including phenoxy) is 1. The standard InChI is InChI=1S/C21H23F3N2O3/c1-4-26(20(28)13-29-16-10-14(2)9-15(3)11-16)12-19(27)25-18-8-6-5-7-17(18)21(22,23)24/h5-11H,4,12-13H2,1-3H3,(H,25,27). The Morgan fingerprint density at radius 3 is 2.28 bits per heavy atom.